The molecule has 0 unspecified atom stereocenters. The summed E-state index contributed by atoms with van der Waals surface area (Å²) in [7, 11) is 0. The molecule has 0 spiro atoms. The number of thioether (sulfide) groups is 1. The highest BCUT2D eigenvalue weighted by Crippen LogP contribution is 2.30. The summed E-state index contributed by atoms with van der Waals surface area (Å²) >= 11 is 7.79. The van der Waals surface area contributed by atoms with E-state index in [0.29, 0.717) is 24.6 Å². The fourth-order valence-electron chi connectivity index (χ4n) is 3.24. The Hall–Kier alpha value is -2.37. The second kappa shape index (κ2) is 8.76. The summed E-state index contributed by atoms with van der Waals surface area (Å²) < 4.78 is 5.80. The van der Waals surface area contributed by atoms with Crippen molar-refractivity contribution < 1.29 is 9.21 Å². The van der Waals surface area contributed by atoms with Crippen LogP contribution < -0.4 is 4.90 Å². The molecule has 1 aliphatic heterocycles. The van der Waals surface area contributed by atoms with Crippen molar-refractivity contribution in [3.63, 3.8) is 0 Å². The number of anilines is 1. The smallest absolute Gasteiger partial charge is 0.289 e. The summed E-state index contributed by atoms with van der Waals surface area (Å²) in [6, 6.07) is 21.7. The van der Waals surface area contributed by atoms with Crippen molar-refractivity contribution in [3.05, 3.63) is 83.3 Å². The molecule has 6 heteroatoms. The Bertz CT molecular complexity index is 936. The molecule has 144 valence electrons. The quantitative estimate of drug-likeness (QED) is 0.540. The first-order chi connectivity index (χ1) is 13.7. The fourth-order valence-corrected chi connectivity index (χ4v) is 4.38. The zero-order valence-electron chi connectivity index (χ0n) is 15.4. The molecule has 0 bridgehead atoms. The number of carbonyl (C=O) groups excluding carboxylic acids is 1. The zero-order chi connectivity index (χ0) is 19.3. The van der Waals surface area contributed by atoms with E-state index in [9.17, 15) is 4.79 Å². The van der Waals surface area contributed by atoms with Crippen LogP contribution in [0.25, 0.3) is 0 Å². The van der Waals surface area contributed by atoms with Crippen LogP contribution in [0.3, 0.4) is 0 Å². The van der Waals surface area contributed by atoms with Crippen molar-refractivity contribution in [2.75, 3.05) is 31.1 Å². The van der Waals surface area contributed by atoms with E-state index < -0.39 is 0 Å². The minimum atomic E-state index is -0.0401. The lowest BCUT2D eigenvalue weighted by molar-refractivity contribution is 0.0713. The maximum absolute atomic E-state index is 12.8. The van der Waals surface area contributed by atoms with Crippen LogP contribution in [0.4, 0.5) is 5.69 Å². The van der Waals surface area contributed by atoms with Crippen molar-refractivity contribution in [3.8, 4) is 0 Å². The van der Waals surface area contributed by atoms with Crippen LogP contribution in [0.2, 0.25) is 5.02 Å². The number of nitrogens with zero attached hydrogens (tertiary/aromatic N) is 2. The molecule has 1 amide bonds. The Morgan fingerprint density at radius 3 is 2.39 bits per heavy atom. The topological polar surface area (TPSA) is 36.7 Å². The lowest BCUT2D eigenvalue weighted by atomic mass is 10.2. The molecule has 28 heavy (non-hydrogen) atoms. The number of furan rings is 1. The van der Waals surface area contributed by atoms with E-state index in [1.165, 1.54) is 5.69 Å². The molecular weight excluding hydrogens is 392 g/mol. The molecule has 4 nitrogen and oxygen atoms in total. The van der Waals surface area contributed by atoms with Crippen molar-refractivity contribution in [2.24, 2.45) is 0 Å². The third-order valence-corrected chi connectivity index (χ3v) is 6.30. The van der Waals surface area contributed by atoms with Gasteiger partial charge in [-0.3, -0.25) is 4.79 Å². The SMILES string of the molecule is O=C(c1ccc(CSc2ccccc2Cl)o1)N1CCN(c2ccccc2)CC1. The predicted octanol–water partition coefficient (Wildman–Crippen LogP) is 5.19. The monoisotopic (exact) mass is 412 g/mol. The highest BCUT2D eigenvalue weighted by Gasteiger charge is 2.24. The van der Waals surface area contributed by atoms with E-state index in [4.69, 9.17) is 16.0 Å². The molecule has 4 rings (SSSR count). The number of carbonyl (C=O) groups is 1. The molecule has 1 aromatic heterocycles. The minimum absolute atomic E-state index is 0.0401. The van der Waals surface area contributed by atoms with Gasteiger partial charge in [-0.15, -0.1) is 11.8 Å². The number of piperazine rings is 1. The number of hydrogen-bond donors (Lipinski definition) is 0. The molecule has 1 saturated heterocycles. The summed E-state index contributed by atoms with van der Waals surface area (Å²) in [5.41, 5.74) is 1.20. The molecule has 0 aliphatic carbocycles. The van der Waals surface area contributed by atoms with Gasteiger partial charge in [0.25, 0.3) is 5.91 Å². The third-order valence-electron chi connectivity index (χ3n) is 4.77. The van der Waals surface area contributed by atoms with Crippen LogP contribution in [0.15, 0.2) is 76.0 Å². The Balaban J connectivity index is 1.33. The Morgan fingerprint density at radius 2 is 1.64 bits per heavy atom. The molecular formula is C22H21ClN2O2S. The van der Waals surface area contributed by atoms with E-state index in [2.05, 4.69) is 17.0 Å². The summed E-state index contributed by atoms with van der Waals surface area (Å²) in [4.78, 5) is 17.9. The van der Waals surface area contributed by atoms with Crippen LogP contribution in [0.1, 0.15) is 16.3 Å². The van der Waals surface area contributed by atoms with Gasteiger partial charge in [-0.1, -0.05) is 41.9 Å². The van der Waals surface area contributed by atoms with E-state index in [1.807, 2.05) is 53.4 Å². The van der Waals surface area contributed by atoms with Crippen molar-refractivity contribution in [1.82, 2.24) is 4.90 Å². The first kappa shape index (κ1) is 19.0. The van der Waals surface area contributed by atoms with Crippen LogP contribution in [-0.2, 0) is 5.75 Å². The van der Waals surface area contributed by atoms with Crippen LogP contribution in [0, 0.1) is 0 Å². The van der Waals surface area contributed by atoms with Gasteiger partial charge in [0.05, 0.1) is 10.8 Å². The molecule has 0 atom stereocenters. The highest BCUT2D eigenvalue weighted by atomic mass is 35.5. The number of rotatable bonds is 5. The van der Waals surface area contributed by atoms with Gasteiger partial charge in [0.2, 0.25) is 0 Å². The minimum Gasteiger partial charge on any atom is -0.455 e. The number of hydrogen-bond acceptors (Lipinski definition) is 4. The fraction of sp³-hybridized carbons (Fsp3) is 0.227. The lowest BCUT2D eigenvalue weighted by Gasteiger charge is -2.35. The molecule has 2 aromatic carbocycles. The van der Waals surface area contributed by atoms with Crippen LogP contribution in [0.5, 0.6) is 0 Å². The Kier molecular flexibility index (Phi) is 5.93. The number of para-hydroxylation sites is 1. The molecule has 2 heterocycles. The highest BCUT2D eigenvalue weighted by molar-refractivity contribution is 7.98. The summed E-state index contributed by atoms with van der Waals surface area (Å²) in [6.07, 6.45) is 0. The van der Waals surface area contributed by atoms with E-state index in [1.54, 1.807) is 17.8 Å². The lowest BCUT2D eigenvalue weighted by Crippen LogP contribution is -2.48. The Morgan fingerprint density at radius 1 is 0.929 bits per heavy atom. The van der Waals surface area contributed by atoms with Gasteiger partial charge in [-0.2, -0.15) is 0 Å². The first-order valence-corrected chi connectivity index (χ1v) is 10.6. The predicted molar refractivity (Wildman–Crippen MR) is 114 cm³/mol. The molecule has 0 N–H and O–H groups in total. The van der Waals surface area contributed by atoms with Gasteiger partial charge in [0, 0.05) is 36.8 Å². The number of amides is 1. The summed E-state index contributed by atoms with van der Waals surface area (Å²) in [5, 5.41) is 0.728. The van der Waals surface area contributed by atoms with Gasteiger partial charge in [0.15, 0.2) is 5.76 Å². The van der Waals surface area contributed by atoms with Crippen molar-refractivity contribution in [1.29, 1.82) is 0 Å². The van der Waals surface area contributed by atoms with Gasteiger partial charge in [0.1, 0.15) is 5.76 Å². The summed E-state index contributed by atoms with van der Waals surface area (Å²) in [6.45, 7) is 3.04. The van der Waals surface area contributed by atoms with Gasteiger partial charge in [-0.25, -0.2) is 0 Å². The van der Waals surface area contributed by atoms with E-state index >= 15 is 0 Å². The van der Waals surface area contributed by atoms with Crippen LogP contribution in [-0.4, -0.2) is 37.0 Å². The first-order valence-electron chi connectivity index (χ1n) is 9.26. The molecule has 0 saturated carbocycles. The molecule has 3 aromatic rings. The standard InChI is InChI=1S/C22H21ClN2O2S/c23-19-8-4-5-9-21(19)28-16-18-10-11-20(27-18)22(26)25-14-12-24(13-15-25)17-6-2-1-3-7-17/h1-11H,12-16H2. The van der Waals surface area contributed by atoms with Crippen LogP contribution >= 0.6 is 23.4 Å². The average Bonchev–Trinajstić information content (AvgIpc) is 3.22. The third kappa shape index (κ3) is 4.37. The molecule has 1 aliphatic rings. The molecule has 1 fully saturated rings. The second-order valence-corrected chi connectivity index (χ2v) is 8.02. The second-order valence-electron chi connectivity index (χ2n) is 6.60. The maximum atomic E-state index is 12.8. The largest absolute Gasteiger partial charge is 0.455 e. The van der Waals surface area contributed by atoms with E-state index in [-0.39, 0.29) is 5.91 Å². The number of halogens is 1. The van der Waals surface area contributed by atoms with Gasteiger partial charge in [-0.05, 0) is 36.4 Å². The van der Waals surface area contributed by atoms with E-state index in [0.717, 1.165) is 28.8 Å². The normalized spacial score (nSPS) is 14.3. The molecule has 0 radical (unpaired) electrons. The maximum Gasteiger partial charge on any atom is 0.289 e. The summed E-state index contributed by atoms with van der Waals surface area (Å²) in [5.74, 6) is 1.78. The number of benzene rings is 2. The van der Waals surface area contributed by atoms with Gasteiger partial charge >= 0.3 is 0 Å². The van der Waals surface area contributed by atoms with Crippen molar-refractivity contribution in [2.45, 2.75) is 10.6 Å². The van der Waals surface area contributed by atoms with Crippen molar-refractivity contribution >= 4 is 35.0 Å². The van der Waals surface area contributed by atoms with Gasteiger partial charge < -0.3 is 14.2 Å². The zero-order valence-corrected chi connectivity index (χ0v) is 17.0. The average molecular weight is 413 g/mol. The Labute approximate surface area is 174 Å².